The Labute approximate surface area is 325 Å². The summed E-state index contributed by atoms with van der Waals surface area (Å²) in [6.07, 6.45) is 52.0. The van der Waals surface area contributed by atoms with E-state index in [1.54, 1.807) is 0 Å². The zero-order chi connectivity index (χ0) is 37.9. The lowest BCUT2D eigenvalue weighted by molar-refractivity contribution is -0.108. The van der Waals surface area contributed by atoms with Crippen molar-refractivity contribution in [2.45, 2.75) is 258 Å². The van der Waals surface area contributed by atoms with E-state index in [0.29, 0.717) is 24.0 Å². The fraction of sp³-hybridized carbons (Fsp3) is 0.958. The van der Waals surface area contributed by atoms with Gasteiger partial charge in [-0.05, 0) is 99.7 Å². The normalized spacial score (nSPS) is 19.1. The topological polar surface area (TPSA) is 74.6 Å². The zero-order valence-electron chi connectivity index (χ0n) is 35.3. The van der Waals surface area contributed by atoms with E-state index in [9.17, 15) is 9.59 Å². The lowest BCUT2D eigenvalue weighted by Crippen LogP contribution is -2.17. The summed E-state index contributed by atoms with van der Waals surface area (Å²) in [6.45, 7) is 5.64. The highest BCUT2D eigenvalue weighted by molar-refractivity contribution is 5.49. The molecule has 2 saturated carbocycles. The standard InChI is InChI=1S/C24H48O2.C24H44O2/c2*1-23-16-19-24(22-23,17-12-8-4-2-6-10-14-20-25)18-13-9-5-3-7-11-15-21-26/h23,25-26H,2-22H2,1H3;20-21,23H,2-19,22H2,1H3. The van der Waals surface area contributed by atoms with E-state index >= 15 is 0 Å². The van der Waals surface area contributed by atoms with Gasteiger partial charge in [-0.3, -0.25) is 0 Å². The largest absolute Gasteiger partial charge is 0.396 e. The average Bonchev–Trinajstić information content (AvgIpc) is 3.71. The molecule has 0 bridgehead atoms. The molecule has 0 aromatic rings. The van der Waals surface area contributed by atoms with Crippen molar-refractivity contribution in [2.75, 3.05) is 13.2 Å². The van der Waals surface area contributed by atoms with Crippen molar-refractivity contribution >= 4 is 12.6 Å². The van der Waals surface area contributed by atoms with Gasteiger partial charge < -0.3 is 19.8 Å². The van der Waals surface area contributed by atoms with Gasteiger partial charge in [0.15, 0.2) is 0 Å². The van der Waals surface area contributed by atoms with Crippen molar-refractivity contribution in [1.29, 1.82) is 0 Å². The van der Waals surface area contributed by atoms with Crippen LogP contribution in [0.4, 0.5) is 0 Å². The molecule has 0 aromatic carbocycles. The van der Waals surface area contributed by atoms with E-state index in [4.69, 9.17) is 10.2 Å². The fourth-order valence-corrected chi connectivity index (χ4v) is 10.0. The Bertz CT molecular complexity index is 736. The van der Waals surface area contributed by atoms with Gasteiger partial charge in [-0.25, -0.2) is 0 Å². The molecule has 52 heavy (non-hydrogen) atoms. The molecule has 0 radical (unpaired) electrons. The minimum atomic E-state index is 0.364. The van der Waals surface area contributed by atoms with Crippen LogP contribution in [0, 0.1) is 22.7 Å². The molecule has 308 valence electrons. The lowest BCUT2D eigenvalue weighted by atomic mass is 9.76. The van der Waals surface area contributed by atoms with Crippen LogP contribution in [0.3, 0.4) is 0 Å². The van der Waals surface area contributed by atoms with Crippen molar-refractivity contribution in [3.05, 3.63) is 0 Å². The van der Waals surface area contributed by atoms with Crippen molar-refractivity contribution in [2.24, 2.45) is 22.7 Å². The molecule has 4 heteroatoms. The third-order valence-electron chi connectivity index (χ3n) is 13.2. The first kappa shape index (κ1) is 49.3. The summed E-state index contributed by atoms with van der Waals surface area (Å²) in [4.78, 5) is 20.6. The van der Waals surface area contributed by atoms with Crippen molar-refractivity contribution < 1.29 is 19.8 Å². The van der Waals surface area contributed by atoms with Gasteiger partial charge in [-0.1, -0.05) is 168 Å². The number of aldehydes is 2. The van der Waals surface area contributed by atoms with Crippen molar-refractivity contribution in [3.63, 3.8) is 0 Å². The Kier molecular flexibility index (Phi) is 32.9. The minimum Gasteiger partial charge on any atom is -0.396 e. The molecular weight excluding hydrogens is 641 g/mol. The van der Waals surface area contributed by atoms with Crippen LogP contribution in [0.5, 0.6) is 0 Å². The smallest absolute Gasteiger partial charge is 0.119 e. The van der Waals surface area contributed by atoms with Crippen LogP contribution in [0.15, 0.2) is 0 Å². The zero-order valence-corrected chi connectivity index (χ0v) is 35.3. The van der Waals surface area contributed by atoms with Crippen molar-refractivity contribution in [3.8, 4) is 0 Å². The van der Waals surface area contributed by atoms with E-state index in [-0.39, 0.29) is 0 Å². The van der Waals surface area contributed by atoms with E-state index in [1.165, 1.54) is 205 Å². The number of aliphatic hydroxyl groups is 2. The quantitative estimate of drug-likeness (QED) is 0.0497. The van der Waals surface area contributed by atoms with Gasteiger partial charge >= 0.3 is 0 Å². The Balaban J connectivity index is 0.000000520. The summed E-state index contributed by atoms with van der Waals surface area (Å²) in [5.74, 6) is 1.88. The maximum atomic E-state index is 10.3. The predicted molar refractivity (Wildman–Crippen MR) is 225 cm³/mol. The number of carbonyl (C=O) groups excluding carboxylic acids is 2. The first-order valence-electron chi connectivity index (χ1n) is 23.5. The number of hydrogen-bond acceptors (Lipinski definition) is 4. The number of carbonyl (C=O) groups is 2. The number of aliphatic hydroxyl groups excluding tert-OH is 2. The molecule has 0 heterocycles. The van der Waals surface area contributed by atoms with Gasteiger partial charge in [0.1, 0.15) is 12.6 Å². The molecule has 2 rings (SSSR count). The third kappa shape index (κ3) is 26.9. The second-order valence-electron chi connectivity index (χ2n) is 18.2. The molecule has 0 saturated heterocycles. The maximum Gasteiger partial charge on any atom is 0.119 e. The molecule has 2 aliphatic rings. The highest BCUT2D eigenvalue weighted by Gasteiger charge is 2.37. The second-order valence-corrected chi connectivity index (χ2v) is 18.2. The Morgan fingerprint density at radius 3 is 0.885 bits per heavy atom. The number of unbranched alkanes of at least 4 members (excludes halogenated alkanes) is 24. The highest BCUT2D eigenvalue weighted by Crippen LogP contribution is 2.50. The third-order valence-corrected chi connectivity index (χ3v) is 13.2. The van der Waals surface area contributed by atoms with Crippen LogP contribution in [-0.2, 0) is 9.59 Å². The summed E-state index contributed by atoms with van der Waals surface area (Å²) < 4.78 is 0. The first-order valence-corrected chi connectivity index (χ1v) is 23.5. The van der Waals surface area contributed by atoms with Gasteiger partial charge in [0.05, 0.1) is 0 Å². The SMILES string of the molecule is CC1CCC(CCCCCCCCC=O)(CCCCCCCCC=O)C1.CC1CCC(CCCCCCCCCO)(CCCCCCCCCO)C1. The molecule has 2 N–H and O–H groups in total. The van der Waals surface area contributed by atoms with Gasteiger partial charge in [0.25, 0.3) is 0 Å². The van der Waals surface area contributed by atoms with Crippen LogP contribution < -0.4 is 0 Å². The summed E-state index contributed by atoms with van der Waals surface area (Å²) in [7, 11) is 0. The fourth-order valence-electron chi connectivity index (χ4n) is 10.0. The minimum absolute atomic E-state index is 0.364. The average molecular weight is 733 g/mol. The van der Waals surface area contributed by atoms with Crippen LogP contribution in [-0.4, -0.2) is 36.0 Å². The molecule has 0 amide bonds. The van der Waals surface area contributed by atoms with Crippen LogP contribution in [0.25, 0.3) is 0 Å². The summed E-state index contributed by atoms with van der Waals surface area (Å²) in [6, 6.07) is 0. The summed E-state index contributed by atoms with van der Waals surface area (Å²) >= 11 is 0. The van der Waals surface area contributed by atoms with Gasteiger partial charge in [-0.15, -0.1) is 0 Å². The van der Waals surface area contributed by atoms with E-state index in [2.05, 4.69) is 13.8 Å². The Morgan fingerprint density at radius 1 is 0.404 bits per heavy atom. The summed E-state index contributed by atoms with van der Waals surface area (Å²) in [5.41, 5.74) is 1.35. The Hall–Kier alpha value is -0.740. The van der Waals surface area contributed by atoms with Crippen molar-refractivity contribution in [1.82, 2.24) is 0 Å². The predicted octanol–water partition coefficient (Wildman–Crippen LogP) is 14.5. The second kappa shape index (κ2) is 34.7. The molecule has 2 aliphatic carbocycles. The Morgan fingerprint density at radius 2 is 0.654 bits per heavy atom. The van der Waals surface area contributed by atoms with Crippen LogP contribution in [0.1, 0.15) is 258 Å². The molecule has 0 spiro atoms. The number of hydrogen-bond donors (Lipinski definition) is 2. The number of rotatable bonds is 36. The maximum absolute atomic E-state index is 10.3. The molecule has 2 unspecified atom stereocenters. The summed E-state index contributed by atoms with van der Waals surface area (Å²) in [5, 5.41) is 17.6. The van der Waals surface area contributed by atoms with Crippen LogP contribution >= 0.6 is 0 Å². The molecule has 2 atom stereocenters. The van der Waals surface area contributed by atoms with E-state index in [0.717, 1.165) is 62.9 Å². The van der Waals surface area contributed by atoms with E-state index in [1.807, 2.05) is 0 Å². The van der Waals surface area contributed by atoms with E-state index < -0.39 is 0 Å². The molecule has 0 aromatic heterocycles. The molecule has 4 nitrogen and oxygen atoms in total. The van der Waals surface area contributed by atoms with Gasteiger partial charge in [0, 0.05) is 26.1 Å². The van der Waals surface area contributed by atoms with Gasteiger partial charge in [0.2, 0.25) is 0 Å². The lowest BCUT2D eigenvalue weighted by Gasteiger charge is -2.30. The molecular formula is C48H92O4. The molecule has 2 fully saturated rings. The monoisotopic (exact) mass is 733 g/mol. The molecule has 0 aliphatic heterocycles. The van der Waals surface area contributed by atoms with Gasteiger partial charge in [-0.2, -0.15) is 0 Å². The first-order chi connectivity index (χ1) is 25.4. The van der Waals surface area contributed by atoms with Crippen LogP contribution in [0.2, 0.25) is 0 Å². The highest BCUT2D eigenvalue weighted by atomic mass is 16.3.